The molecule has 9 heteroatoms. The predicted molar refractivity (Wildman–Crippen MR) is 101 cm³/mol. The first-order chi connectivity index (χ1) is 12.7. The SMILES string of the molecule is CC(=O)ON(c1ccc(O)c(Cl)c1)S(=O)(=O)C/C=C/c1cccc(C#N)c1. The highest BCUT2D eigenvalue weighted by atomic mass is 35.5. The fourth-order valence-corrected chi connectivity index (χ4v) is 3.38. The maximum atomic E-state index is 12.6. The molecule has 1 N–H and O–H groups in total. The lowest BCUT2D eigenvalue weighted by atomic mass is 10.1. The highest BCUT2D eigenvalue weighted by molar-refractivity contribution is 7.92. The number of sulfonamides is 1. The van der Waals surface area contributed by atoms with E-state index in [4.69, 9.17) is 21.7 Å². The third-order valence-electron chi connectivity index (χ3n) is 3.24. The Labute approximate surface area is 161 Å². The Bertz CT molecular complexity index is 1030. The van der Waals surface area contributed by atoms with Crippen LogP contribution in [0.2, 0.25) is 5.02 Å². The molecule has 2 aromatic carbocycles. The van der Waals surface area contributed by atoms with Crippen LogP contribution in [0, 0.1) is 11.3 Å². The van der Waals surface area contributed by atoms with Gasteiger partial charge in [0.25, 0.3) is 10.0 Å². The number of benzene rings is 2. The van der Waals surface area contributed by atoms with E-state index in [2.05, 4.69) is 0 Å². The summed E-state index contributed by atoms with van der Waals surface area (Å²) in [5.74, 6) is -1.55. The number of carbonyl (C=O) groups excluding carboxylic acids is 1. The minimum Gasteiger partial charge on any atom is -0.506 e. The van der Waals surface area contributed by atoms with Crippen LogP contribution < -0.4 is 4.47 Å². The number of halogens is 1. The molecule has 0 aromatic heterocycles. The van der Waals surface area contributed by atoms with Crippen molar-refractivity contribution in [2.24, 2.45) is 0 Å². The first-order valence-corrected chi connectivity index (χ1v) is 9.58. The van der Waals surface area contributed by atoms with Crippen LogP contribution >= 0.6 is 11.6 Å². The monoisotopic (exact) mass is 406 g/mol. The molecule has 0 radical (unpaired) electrons. The number of phenolic OH excluding ortho intramolecular Hbond substituents is 1. The van der Waals surface area contributed by atoms with Gasteiger partial charge in [0.2, 0.25) is 0 Å². The number of carbonyl (C=O) groups is 1. The van der Waals surface area contributed by atoms with Gasteiger partial charge in [-0.3, -0.25) is 0 Å². The van der Waals surface area contributed by atoms with E-state index in [0.29, 0.717) is 15.6 Å². The Hall–Kier alpha value is -3.02. The molecular weight excluding hydrogens is 392 g/mol. The van der Waals surface area contributed by atoms with Gasteiger partial charge in [-0.15, -0.1) is 0 Å². The van der Waals surface area contributed by atoms with Gasteiger partial charge in [-0.2, -0.15) is 5.26 Å². The van der Waals surface area contributed by atoms with Gasteiger partial charge in [-0.05, 0) is 35.9 Å². The molecule has 140 valence electrons. The molecule has 0 spiro atoms. The first kappa shape index (κ1) is 20.3. The molecule has 2 rings (SSSR count). The molecule has 7 nitrogen and oxygen atoms in total. The zero-order valence-corrected chi connectivity index (χ0v) is 15.7. The summed E-state index contributed by atoms with van der Waals surface area (Å²) in [5.41, 5.74) is 1.06. The van der Waals surface area contributed by atoms with Crippen LogP contribution in [-0.2, 0) is 19.7 Å². The van der Waals surface area contributed by atoms with Crippen LogP contribution in [0.3, 0.4) is 0 Å². The van der Waals surface area contributed by atoms with E-state index >= 15 is 0 Å². The van der Waals surface area contributed by atoms with Crippen LogP contribution in [0.25, 0.3) is 6.08 Å². The summed E-state index contributed by atoms with van der Waals surface area (Å²) in [7, 11) is -4.09. The minimum atomic E-state index is -4.09. The largest absolute Gasteiger partial charge is 0.506 e. The number of anilines is 1. The summed E-state index contributed by atoms with van der Waals surface area (Å²) >= 11 is 5.81. The Balaban J connectivity index is 2.27. The molecule has 0 bridgehead atoms. The van der Waals surface area contributed by atoms with Gasteiger partial charge in [0.05, 0.1) is 28.1 Å². The van der Waals surface area contributed by atoms with Crippen molar-refractivity contribution in [3.05, 3.63) is 64.7 Å². The smallest absolute Gasteiger partial charge is 0.330 e. The molecule has 0 saturated heterocycles. The summed E-state index contributed by atoms with van der Waals surface area (Å²) in [6, 6.07) is 12.2. The van der Waals surface area contributed by atoms with E-state index in [9.17, 15) is 18.3 Å². The van der Waals surface area contributed by atoms with E-state index in [1.807, 2.05) is 6.07 Å². The number of nitriles is 1. The standard InChI is InChI=1S/C18H15ClN2O5S/c1-13(22)26-21(16-7-8-18(23)17(19)11-16)27(24,25)9-3-6-14-4-2-5-15(10-14)12-20/h2-8,10-11,23H,9H2,1H3/b6-3+. The number of rotatable bonds is 6. The number of aromatic hydroxyl groups is 1. The van der Waals surface area contributed by atoms with E-state index in [1.54, 1.807) is 24.3 Å². The predicted octanol–water partition coefficient (Wildman–Crippen LogP) is 3.24. The molecule has 0 fully saturated rings. The molecule has 2 aromatic rings. The highest BCUT2D eigenvalue weighted by Crippen LogP contribution is 2.30. The number of hydrogen-bond acceptors (Lipinski definition) is 6. The van der Waals surface area contributed by atoms with E-state index < -0.39 is 21.7 Å². The maximum absolute atomic E-state index is 12.6. The second-order valence-corrected chi connectivity index (χ2v) is 7.60. The van der Waals surface area contributed by atoms with Gasteiger partial charge in [-0.25, -0.2) is 13.2 Å². The van der Waals surface area contributed by atoms with Crippen molar-refractivity contribution >= 4 is 39.4 Å². The Morgan fingerprint density at radius 1 is 1.33 bits per heavy atom. The van der Waals surface area contributed by atoms with Crippen LogP contribution in [0.1, 0.15) is 18.1 Å². The summed E-state index contributed by atoms with van der Waals surface area (Å²) in [6.45, 7) is 1.06. The van der Waals surface area contributed by atoms with Crippen molar-refractivity contribution in [1.82, 2.24) is 0 Å². The van der Waals surface area contributed by atoms with Crippen molar-refractivity contribution in [3.8, 4) is 11.8 Å². The molecule has 0 unspecified atom stereocenters. The van der Waals surface area contributed by atoms with Crippen LogP contribution in [0.5, 0.6) is 5.75 Å². The van der Waals surface area contributed by atoms with Gasteiger partial charge in [-0.1, -0.05) is 40.4 Å². The average molecular weight is 407 g/mol. The van der Waals surface area contributed by atoms with Gasteiger partial charge < -0.3 is 9.94 Å². The van der Waals surface area contributed by atoms with Crippen LogP contribution in [0.15, 0.2) is 48.5 Å². The second kappa shape index (κ2) is 8.58. The fraction of sp³-hybridized carbons (Fsp3) is 0.111. The normalized spacial score (nSPS) is 11.1. The molecule has 27 heavy (non-hydrogen) atoms. The zero-order valence-electron chi connectivity index (χ0n) is 14.2. The number of phenols is 1. The molecule has 0 aliphatic heterocycles. The highest BCUT2D eigenvalue weighted by Gasteiger charge is 2.25. The van der Waals surface area contributed by atoms with Crippen molar-refractivity contribution in [3.63, 3.8) is 0 Å². The third kappa shape index (κ3) is 5.48. The minimum absolute atomic E-state index is 0.0344. The molecule has 0 saturated carbocycles. The number of nitrogens with zero attached hydrogens (tertiary/aromatic N) is 2. The molecule has 0 heterocycles. The lowest BCUT2D eigenvalue weighted by Crippen LogP contribution is -2.34. The summed E-state index contributed by atoms with van der Waals surface area (Å²) < 4.78 is 25.7. The Morgan fingerprint density at radius 2 is 2.07 bits per heavy atom. The van der Waals surface area contributed by atoms with E-state index in [-0.39, 0.29) is 16.5 Å². The topological polar surface area (TPSA) is 108 Å². The third-order valence-corrected chi connectivity index (χ3v) is 4.95. The number of hydrogen-bond donors (Lipinski definition) is 1. The summed E-state index contributed by atoms with van der Waals surface area (Å²) in [5, 5.41) is 18.3. The van der Waals surface area contributed by atoms with Crippen molar-refractivity contribution in [1.29, 1.82) is 5.26 Å². The second-order valence-electron chi connectivity index (χ2n) is 5.36. The fourth-order valence-electron chi connectivity index (χ4n) is 2.08. The first-order valence-electron chi connectivity index (χ1n) is 7.59. The lowest BCUT2D eigenvalue weighted by molar-refractivity contribution is -0.140. The summed E-state index contributed by atoms with van der Waals surface area (Å²) in [4.78, 5) is 16.2. The summed E-state index contributed by atoms with van der Waals surface area (Å²) in [6.07, 6.45) is 2.90. The molecule has 0 amide bonds. The van der Waals surface area contributed by atoms with Crippen LogP contribution in [0.4, 0.5) is 5.69 Å². The van der Waals surface area contributed by atoms with Crippen molar-refractivity contribution in [2.75, 3.05) is 10.2 Å². The van der Waals surface area contributed by atoms with Crippen molar-refractivity contribution < 1.29 is 23.2 Å². The zero-order chi connectivity index (χ0) is 20.0. The van der Waals surface area contributed by atoms with Crippen LogP contribution in [-0.4, -0.2) is 25.2 Å². The van der Waals surface area contributed by atoms with E-state index in [0.717, 1.165) is 13.0 Å². The van der Waals surface area contributed by atoms with Gasteiger partial charge in [0.15, 0.2) is 0 Å². The molecule has 0 aliphatic rings. The van der Waals surface area contributed by atoms with Gasteiger partial charge in [0.1, 0.15) is 5.75 Å². The van der Waals surface area contributed by atoms with Gasteiger partial charge >= 0.3 is 5.97 Å². The van der Waals surface area contributed by atoms with Gasteiger partial charge in [0, 0.05) is 6.92 Å². The Morgan fingerprint density at radius 3 is 2.70 bits per heavy atom. The average Bonchev–Trinajstić information content (AvgIpc) is 2.62. The lowest BCUT2D eigenvalue weighted by Gasteiger charge is -2.21. The van der Waals surface area contributed by atoms with Crippen molar-refractivity contribution in [2.45, 2.75) is 6.92 Å². The van der Waals surface area contributed by atoms with E-state index in [1.165, 1.54) is 24.3 Å². The maximum Gasteiger partial charge on any atom is 0.330 e. The quantitative estimate of drug-likeness (QED) is 0.738. The molecule has 0 aliphatic carbocycles. The molecule has 0 atom stereocenters. The Kier molecular flexibility index (Phi) is 6.45. The molecular formula is C18H15ClN2O5S.